The molecule has 0 bridgehead atoms. The molecular formula is C7H13F3N2O2. The molecule has 14 heavy (non-hydrogen) atoms. The van der Waals surface area contributed by atoms with Gasteiger partial charge in [0.2, 0.25) is 0 Å². The molecule has 0 spiro atoms. The van der Waals surface area contributed by atoms with Crippen molar-refractivity contribution in [2.24, 2.45) is 5.73 Å². The van der Waals surface area contributed by atoms with Crippen molar-refractivity contribution in [3.63, 3.8) is 0 Å². The molecular weight excluding hydrogens is 201 g/mol. The maximum absolute atomic E-state index is 12.0. The summed E-state index contributed by atoms with van der Waals surface area (Å²) >= 11 is 0. The van der Waals surface area contributed by atoms with Crippen molar-refractivity contribution in [3.8, 4) is 0 Å². The predicted molar refractivity (Wildman–Crippen MR) is 43.8 cm³/mol. The molecule has 0 heterocycles. The smallest absolute Gasteiger partial charge is 0.401 e. The first-order valence-electron chi connectivity index (χ1n) is 4.05. The first-order chi connectivity index (χ1) is 6.31. The number of nitrogens with zero attached hydrogens (tertiary/aromatic N) is 1. The zero-order valence-corrected chi connectivity index (χ0v) is 7.71. The van der Waals surface area contributed by atoms with E-state index in [0.29, 0.717) is 0 Å². The van der Waals surface area contributed by atoms with E-state index >= 15 is 0 Å². The quantitative estimate of drug-likeness (QED) is 0.690. The Hall–Kier alpha value is -0.820. The van der Waals surface area contributed by atoms with Gasteiger partial charge >= 0.3 is 12.1 Å². The molecule has 0 aromatic carbocycles. The lowest BCUT2D eigenvalue weighted by Crippen LogP contribution is -2.49. The van der Waals surface area contributed by atoms with Crippen LogP contribution in [0.5, 0.6) is 0 Å². The molecule has 0 fully saturated rings. The van der Waals surface area contributed by atoms with Crippen molar-refractivity contribution in [1.29, 1.82) is 0 Å². The number of carbonyl (C=O) groups is 1. The Balaban J connectivity index is 4.45. The van der Waals surface area contributed by atoms with Crippen molar-refractivity contribution in [1.82, 2.24) is 4.90 Å². The van der Waals surface area contributed by atoms with Crippen LogP contribution in [0.15, 0.2) is 0 Å². The third kappa shape index (κ3) is 4.43. The van der Waals surface area contributed by atoms with Crippen LogP contribution in [0.3, 0.4) is 0 Å². The second-order valence-electron chi connectivity index (χ2n) is 2.77. The van der Waals surface area contributed by atoms with E-state index in [1.165, 1.54) is 6.92 Å². The molecule has 0 amide bonds. The highest BCUT2D eigenvalue weighted by atomic mass is 19.4. The number of aliphatic carboxylic acids is 1. The number of carboxylic acids is 1. The average Bonchev–Trinajstić information content (AvgIpc) is 2.00. The zero-order chi connectivity index (χ0) is 11.4. The molecule has 7 heteroatoms. The van der Waals surface area contributed by atoms with Gasteiger partial charge in [0.05, 0.1) is 6.54 Å². The SMILES string of the molecule is CCN(CC(F)(F)F)C(CN)C(=O)O. The minimum Gasteiger partial charge on any atom is -0.480 e. The van der Waals surface area contributed by atoms with Gasteiger partial charge in [-0.2, -0.15) is 13.2 Å². The van der Waals surface area contributed by atoms with Crippen LogP contribution in [-0.4, -0.2) is 47.8 Å². The molecule has 0 aliphatic carbocycles. The van der Waals surface area contributed by atoms with Crippen LogP contribution in [0.4, 0.5) is 13.2 Å². The van der Waals surface area contributed by atoms with Gasteiger partial charge in [-0.05, 0) is 6.54 Å². The van der Waals surface area contributed by atoms with E-state index in [0.717, 1.165) is 4.90 Å². The summed E-state index contributed by atoms with van der Waals surface area (Å²) in [5.41, 5.74) is 5.08. The molecule has 0 radical (unpaired) electrons. The highest BCUT2D eigenvalue weighted by Crippen LogP contribution is 2.17. The number of carboxylic acid groups (broad SMARTS) is 1. The summed E-state index contributed by atoms with van der Waals surface area (Å²) in [6.45, 7) is -0.137. The van der Waals surface area contributed by atoms with Crippen molar-refractivity contribution < 1.29 is 23.1 Å². The topological polar surface area (TPSA) is 66.6 Å². The van der Waals surface area contributed by atoms with Crippen LogP contribution in [-0.2, 0) is 4.79 Å². The summed E-state index contributed by atoms with van der Waals surface area (Å²) in [4.78, 5) is 11.3. The van der Waals surface area contributed by atoms with E-state index in [2.05, 4.69) is 0 Å². The Morgan fingerprint density at radius 1 is 1.57 bits per heavy atom. The fourth-order valence-electron chi connectivity index (χ4n) is 1.08. The van der Waals surface area contributed by atoms with Gasteiger partial charge in [-0.25, -0.2) is 0 Å². The van der Waals surface area contributed by atoms with E-state index in [-0.39, 0.29) is 13.1 Å². The number of likely N-dealkylation sites (N-methyl/N-ethyl adjacent to an activating group) is 1. The Kier molecular flexibility index (Phi) is 4.86. The second-order valence-corrected chi connectivity index (χ2v) is 2.77. The van der Waals surface area contributed by atoms with E-state index in [4.69, 9.17) is 10.8 Å². The fraction of sp³-hybridized carbons (Fsp3) is 0.857. The molecule has 84 valence electrons. The summed E-state index contributed by atoms with van der Waals surface area (Å²) < 4.78 is 35.9. The maximum atomic E-state index is 12.0. The van der Waals surface area contributed by atoms with Gasteiger partial charge in [-0.15, -0.1) is 0 Å². The van der Waals surface area contributed by atoms with Crippen LogP contribution in [0.25, 0.3) is 0 Å². The van der Waals surface area contributed by atoms with Gasteiger partial charge in [0, 0.05) is 6.54 Å². The van der Waals surface area contributed by atoms with Gasteiger partial charge in [0.1, 0.15) is 6.04 Å². The Labute approximate surface area is 79.5 Å². The fourth-order valence-corrected chi connectivity index (χ4v) is 1.08. The van der Waals surface area contributed by atoms with Crippen molar-refractivity contribution >= 4 is 5.97 Å². The minimum absolute atomic E-state index is 0.00627. The van der Waals surface area contributed by atoms with Crippen LogP contribution in [0, 0.1) is 0 Å². The molecule has 3 N–H and O–H groups in total. The molecule has 1 atom stereocenters. The summed E-state index contributed by atoms with van der Waals surface area (Å²) in [5.74, 6) is -1.33. The van der Waals surface area contributed by atoms with Gasteiger partial charge in [0.15, 0.2) is 0 Å². The normalized spacial score (nSPS) is 14.4. The van der Waals surface area contributed by atoms with Gasteiger partial charge in [0.25, 0.3) is 0 Å². The molecule has 0 aromatic heterocycles. The summed E-state index contributed by atoms with van der Waals surface area (Å²) in [6.07, 6.45) is -4.40. The Morgan fingerprint density at radius 2 is 2.07 bits per heavy atom. The molecule has 0 saturated heterocycles. The van der Waals surface area contributed by atoms with Crippen molar-refractivity contribution in [2.75, 3.05) is 19.6 Å². The lowest BCUT2D eigenvalue weighted by atomic mass is 10.2. The van der Waals surface area contributed by atoms with Gasteiger partial charge in [-0.3, -0.25) is 9.69 Å². The first-order valence-corrected chi connectivity index (χ1v) is 4.05. The summed E-state index contributed by atoms with van der Waals surface area (Å²) in [7, 11) is 0. The Morgan fingerprint density at radius 3 is 2.29 bits per heavy atom. The number of nitrogens with two attached hydrogens (primary N) is 1. The molecule has 0 aliphatic heterocycles. The third-order valence-electron chi connectivity index (χ3n) is 1.74. The highest BCUT2D eigenvalue weighted by molar-refractivity contribution is 5.73. The molecule has 0 saturated carbocycles. The predicted octanol–water partition coefficient (Wildman–Crippen LogP) is 0.283. The lowest BCUT2D eigenvalue weighted by Gasteiger charge is -2.27. The molecule has 0 rings (SSSR count). The number of hydrogen-bond acceptors (Lipinski definition) is 3. The number of rotatable bonds is 5. The van der Waals surface area contributed by atoms with Crippen molar-refractivity contribution in [3.05, 3.63) is 0 Å². The summed E-state index contributed by atoms with van der Waals surface area (Å²) in [6, 6.07) is -1.28. The number of halogens is 3. The van der Waals surface area contributed by atoms with Crippen LogP contribution in [0.2, 0.25) is 0 Å². The highest BCUT2D eigenvalue weighted by Gasteiger charge is 2.35. The van der Waals surface area contributed by atoms with Crippen LogP contribution < -0.4 is 5.73 Å². The van der Waals surface area contributed by atoms with E-state index in [9.17, 15) is 18.0 Å². The van der Waals surface area contributed by atoms with Crippen molar-refractivity contribution in [2.45, 2.75) is 19.1 Å². The Bertz CT molecular complexity index is 196. The van der Waals surface area contributed by atoms with Gasteiger partial charge in [-0.1, -0.05) is 6.92 Å². The number of hydrogen-bond donors (Lipinski definition) is 2. The molecule has 1 unspecified atom stereocenters. The molecule has 0 aromatic rings. The molecule has 4 nitrogen and oxygen atoms in total. The van der Waals surface area contributed by atoms with E-state index in [1.54, 1.807) is 0 Å². The second kappa shape index (κ2) is 5.16. The number of alkyl halides is 3. The average molecular weight is 214 g/mol. The largest absolute Gasteiger partial charge is 0.480 e. The van der Waals surface area contributed by atoms with Crippen LogP contribution in [0.1, 0.15) is 6.92 Å². The van der Waals surface area contributed by atoms with E-state index < -0.39 is 24.7 Å². The van der Waals surface area contributed by atoms with E-state index in [1.807, 2.05) is 0 Å². The molecule has 0 aliphatic rings. The van der Waals surface area contributed by atoms with Crippen LogP contribution >= 0.6 is 0 Å². The lowest BCUT2D eigenvalue weighted by molar-refractivity contribution is -0.160. The zero-order valence-electron chi connectivity index (χ0n) is 7.71. The monoisotopic (exact) mass is 214 g/mol. The first kappa shape index (κ1) is 13.2. The third-order valence-corrected chi connectivity index (χ3v) is 1.74. The standard InChI is InChI=1S/C7H13F3N2O2/c1-2-12(4-7(8,9)10)5(3-11)6(13)14/h5H,2-4,11H2,1H3,(H,13,14). The maximum Gasteiger partial charge on any atom is 0.401 e. The summed E-state index contributed by atoms with van der Waals surface area (Å²) in [5, 5.41) is 8.58. The van der Waals surface area contributed by atoms with Gasteiger partial charge < -0.3 is 10.8 Å². The minimum atomic E-state index is -4.40.